The maximum Gasteiger partial charge on any atom is 0.182 e. The van der Waals surface area contributed by atoms with Crippen molar-refractivity contribution in [1.82, 2.24) is 19.8 Å². The summed E-state index contributed by atoms with van der Waals surface area (Å²) in [7, 11) is 1.94. The minimum Gasteiger partial charge on any atom is -0.365 e. The third kappa shape index (κ3) is 3.61. The lowest BCUT2D eigenvalue weighted by Gasteiger charge is -2.35. The molecule has 0 saturated carbocycles. The normalized spacial score (nSPS) is 24.9. The van der Waals surface area contributed by atoms with E-state index in [1.54, 1.807) is 11.3 Å². The van der Waals surface area contributed by atoms with Crippen molar-refractivity contribution < 1.29 is 0 Å². The number of aromatic nitrogens is 2. The lowest BCUT2D eigenvalue weighted by atomic mass is 9.95. The molecule has 1 N–H and O–H groups in total. The van der Waals surface area contributed by atoms with Gasteiger partial charge in [0, 0.05) is 57.4 Å². The molecule has 3 aliphatic rings. The molecule has 3 aliphatic heterocycles. The predicted octanol–water partition coefficient (Wildman–Crippen LogP) is 2.68. The topological polar surface area (TPSA) is 44.3 Å². The Morgan fingerprint density at radius 2 is 2.12 bits per heavy atom. The Balaban J connectivity index is 1.42. The Labute approximate surface area is 147 Å². The van der Waals surface area contributed by atoms with Crippen molar-refractivity contribution in [1.29, 1.82) is 0 Å². The Morgan fingerprint density at radius 1 is 1.17 bits per heavy atom. The maximum atomic E-state index is 4.67. The molecular weight excluding hydrogens is 318 g/mol. The van der Waals surface area contributed by atoms with Gasteiger partial charge in [-0.25, -0.2) is 4.98 Å². The van der Waals surface area contributed by atoms with Gasteiger partial charge in [-0.3, -0.25) is 14.8 Å². The largest absolute Gasteiger partial charge is 0.365 e. The molecule has 0 amide bonds. The summed E-state index contributed by atoms with van der Waals surface area (Å²) in [6.07, 6.45) is 4.57. The van der Waals surface area contributed by atoms with Gasteiger partial charge in [0.05, 0.1) is 11.4 Å². The fraction of sp³-hybridized carbons (Fsp3) is 0.556. The lowest BCUT2D eigenvalue weighted by molar-refractivity contribution is 0.122. The summed E-state index contributed by atoms with van der Waals surface area (Å²) in [5, 5.41) is 6.35. The molecule has 5 nitrogen and oxygen atoms in total. The highest BCUT2D eigenvalue weighted by atomic mass is 32.1. The van der Waals surface area contributed by atoms with Crippen LogP contribution < -0.4 is 5.32 Å². The summed E-state index contributed by atoms with van der Waals surface area (Å²) >= 11 is 1.70. The fourth-order valence-electron chi connectivity index (χ4n) is 4.02. The number of fused-ring (bicyclic) bond motifs is 4. The van der Waals surface area contributed by atoms with Gasteiger partial charge in [0.1, 0.15) is 0 Å². The second-order valence-corrected chi connectivity index (χ2v) is 7.79. The molecule has 5 rings (SSSR count). The molecule has 2 atom stereocenters. The molecule has 128 valence electrons. The SMILES string of the molecule is CNc1nc(CN2C[C@H]3CC[C@@H]2CN(Cc2ccccn2)C3)cs1. The molecule has 2 aromatic rings. The zero-order chi connectivity index (χ0) is 16.4. The van der Waals surface area contributed by atoms with E-state index in [4.69, 9.17) is 0 Å². The van der Waals surface area contributed by atoms with E-state index >= 15 is 0 Å². The van der Waals surface area contributed by atoms with Crippen molar-refractivity contribution in [2.24, 2.45) is 5.92 Å². The van der Waals surface area contributed by atoms with Crippen molar-refractivity contribution >= 4 is 16.5 Å². The molecule has 0 aromatic carbocycles. The second-order valence-electron chi connectivity index (χ2n) is 6.94. The Morgan fingerprint density at radius 3 is 2.92 bits per heavy atom. The van der Waals surface area contributed by atoms with Crippen LogP contribution in [-0.2, 0) is 13.1 Å². The molecule has 5 heterocycles. The van der Waals surface area contributed by atoms with Crippen LogP contribution >= 0.6 is 11.3 Å². The first kappa shape index (κ1) is 16.0. The van der Waals surface area contributed by atoms with Crippen LogP contribution in [0.5, 0.6) is 0 Å². The van der Waals surface area contributed by atoms with Gasteiger partial charge in [-0.05, 0) is 30.9 Å². The molecule has 0 aliphatic carbocycles. The van der Waals surface area contributed by atoms with Crippen molar-refractivity contribution in [2.45, 2.75) is 32.0 Å². The van der Waals surface area contributed by atoms with E-state index in [-0.39, 0.29) is 0 Å². The molecule has 2 aromatic heterocycles. The van der Waals surface area contributed by atoms with Gasteiger partial charge in [0.25, 0.3) is 0 Å². The average molecular weight is 344 g/mol. The number of anilines is 1. The summed E-state index contributed by atoms with van der Waals surface area (Å²) < 4.78 is 0. The van der Waals surface area contributed by atoms with E-state index in [0.717, 1.165) is 30.7 Å². The minimum atomic E-state index is 0.646. The molecule has 24 heavy (non-hydrogen) atoms. The highest BCUT2D eigenvalue weighted by molar-refractivity contribution is 7.13. The summed E-state index contributed by atoms with van der Waals surface area (Å²) in [5.41, 5.74) is 2.39. The second kappa shape index (κ2) is 7.17. The molecule has 0 spiro atoms. The number of thiazole rings is 1. The van der Waals surface area contributed by atoms with Crippen molar-refractivity contribution in [3.05, 3.63) is 41.2 Å². The van der Waals surface area contributed by atoms with E-state index < -0.39 is 0 Å². The van der Waals surface area contributed by atoms with Crippen molar-refractivity contribution in [3.63, 3.8) is 0 Å². The monoisotopic (exact) mass is 343 g/mol. The van der Waals surface area contributed by atoms with Gasteiger partial charge in [0.15, 0.2) is 5.13 Å². The van der Waals surface area contributed by atoms with E-state index in [0.29, 0.717) is 6.04 Å². The first-order chi connectivity index (χ1) is 11.8. The van der Waals surface area contributed by atoms with Gasteiger partial charge in [0.2, 0.25) is 0 Å². The van der Waals surface area contributed by atoms with Gasteiger partial charge < -0.3 is 5.32 Å². The molecule has 2 bridgehead atoms. The number of pyridine rings is 1. The fourth-order valence-corrected chi connectivity index (χ4v) is 4.68. The van der Waals surface area contributed by atoms with Crippen LogP contribution in [0.25, 0.3) is 0 Å². The van der Waals surface area contributed by atoms with E-state index in [2.05, 4.69) is 42.6 Å². The number of nitrogens with zero attached hydrogens (tertiary/aromatic N) is 4. The number of hydrogen-bond donors (Lipinski definition) is 1. The molecular formula is C18H25N5S. The Bertz CT molecular complexity index is 658. The molecule has 3 saturated heterocycles. The van der Waals surface area contributed by atoms with Gasteiger partial charge in [-0.1, -0.05) is 6.07 Å². The third-order valence-electron chi connectivity index (χ3n) is 5.15. The van der Waals surface area contributed by atoms with Gasteiger partial charge in [-0.2, -0.15) is 0 Å². The number of nitrogens with one attached hydrogen (secondary N) is 1. The number of rotatable bonds is 5. The Kier molecular flexibility index (Phi) is 4.78. The molecule has 0 unspecified atom stereocenters. The van der Waals surface area contributed by atoms with Crippen LogP contribution in [0.15, 0.2) is 29.8 Å². The minimum absolute atomic E-state index is 0.646. The van der Waals surface area contributed by atoms with Crippen LogP contribution in [0.3, 0.4) is 0 Å². The highest BCUT2D eigenvalue weighted by Crippen LogP contribution is 2.30. The van der Waals surface area contributed by atoms with E-state index in [1.807, 2.05) is 19.3 Å². The third-order valence-corrected chi connectivity index (χ3v) is 6.05. The Hall–Kier alpha value is -1.50. The summed E-state index contributed by atoms with van der Waals surface area (Å²) in [6.45, 7) is 5.51. The van der Waals surface area contributed by atoms with Gasteiger partial charge in [-0.15, -0.1) is 11.3 Å². The van der Waals surface area contributed by atoms with E-state index in [1.165, 1.54) is 37.3 Å². The smallest absolute Gasteiger partial charge is 0.182 e. The summed E-state index contributed by atoms with van der Waals surface area (Å²) in [6, 6.07) is 6.86. The lowest BCUT2D eigenvalue weighted by Crippen LogP contribution is -2.43. The first-order valence-corrected chi connectivity index (χ1v) is 9.66. The summed E-state index contributed by atoms with van der Waals surface area (Å²) in [4.78, 5) is 14.4. The number of hydrogen-bond acceptors (Lipinski definition) is 6. The quantitative estimate of drug-likeness (QED) is 0.904. The zero-order valence-electron chi connectivity index (χ0n) is 14.2. The van der Waals surface area contributed by atoms with Crippen LogP contribution in [-0.4, -0.2) is 52.5 Å². The standard InChI is InChI=1S/C18H25N5S/c1-19-18-21-16(13-24-18)11-23-9-14-5-6-17(23)12-22(8-14)10-15-4-2-3-7-20-15/h2-4,7,13-14,17H,5-6,8-12H2,1H3,(H,19,21)/t14-,17+/m0/s1. The van der Waals surface area contributed by atoms with Crippen LogP contribution in [0.1, 0.15) is 24.2 Å². The molecule has 6 heteroatoms. The molecule has 3 fully saturated rings. The maximum absolute atomic E-state index is 4.67. The van der Waals surface area contributed by atoms with Crippen LogP contribution in [0.4, 0.5) is 5.13 Å². The summed E-state index contributed by atoms with van der Waals surface area (Å²) in [5.74, 6) is 0.773. The predicted molar refractivity (Wildman–Crippen MR) is 98.1 cm³/mol. The first-order valence-electron chi connectivity index (χ1n) is 8.78. The average Bonchev–Trinajstić information content (AvgIpc) is 2.88. The number of piperidine rings is 1. The van der Waals surface area contributed by atoms with E-state index in [9.17, 15) is 0 Å². The van der Waals surface area contributed by atoms with Gasteiger partial charge >= 0.3 is 0 Å². The van der Waals surface area contributed by atoms with Crippen molar-refractivity contribution in [2.75, 3.05) is 32.0 Å². The van der Waals surface area contributed by atoms with Crippen LogP contribution in [0, 0.1) is 5.92 Å². The molecule has 0 radical (unpaired) electrons. The zero-order valence-corrected chi connectivity index (χ0v) is 15.0. The van der Waals surface area contributed by atoms with Crippen molar-refractivity contribution in [3.8, 4) is 0 Å². The van der Waals surface area contributed by atoms with Crippen LogP contribution in [0.2, 0.25) is 0 Å². The highest BCUT2D eigenvalue weighted by Gasteiger charge is 2.34.